The average Bonchev–Trinajstić information content (AvgIpc) is 1.69. The maximum atomic E-state index is 5.48. The molecule has 1 saturated heterocycles. The topological polar surface area (TPSA) is 50.1 Å². The van der Waals surface area contributed by atoms with E-state index in [-0.39, 0.29) is 6.17 Å². The summed E-state index contributed by atoms with van der Waals surface area (Å²) in [4.78, 5) is 0. The van der Waals surface area contributed by atoms with Gasteiger partial charge in [-0.05, 0) is 13.0 Å². The fourth-order valence-corrected chi connectivity index (χ4v) is 0.651. The molecule has 1 unspecified atom stereocenters. The lowest BCUT2D eigenvalue weighted by Crippen LogP contribution is -2.49. The Morgan fingerprint density at radius 2 is 2.43 bits per heavy atom. The molecular weight excluding hydrogens is 90.1 g/mol. The summed E-state index contributed by atoms with van der Waals surface area (Å²) >= 11 is 0. The molecule has 0 saturated carbocycles. The van der Waals surface area contributed by atoms with Gasteiger partial charge in [0.15, 0.2) is 0 Å². The summed E-state index contributed by atoms with van der Waals surface area (Å²) in [5.74, 6) is 0. The van der Waals surface area contributed by atoms with E-state index in [2.05, 4.69) is 10.6 Å². The van der Waals surface area contributed by atoms with Crippen LogP contribution in [0.25, 0.3) is 0 Å². The molecular formula is C4H11N3. The van der Waals surface area contributed by atoms with E-state index in [1.165, 1.54) is 0 Å². The maximum Gasteiger partial charge on any atom is 0.0568 e. The molecule has 0 amide bonds. The molecule has 1 rings (SSSR count). The highest BCUT2D eigenvalue weighted by molar-refractivity contribution is 4.64. The highest BCUT2D eigenvalue weighted by Crippen LogP contribution is 1.83. The number of hydrogen-bond acceptors (Lipinski definition) is 3. The van der Waals surface area contributed by atoms with Crippen molar-refractivity contribution in [2.75, 3.05) is 13.2 Å². The van der Waals surface area contributed by atoms with Crippen molar-refractivity contribution in [3.63, 3.8) is 0 Å². The van der Waals surface area contributed by atoms with Gasteiger partial charge in [0.05, 0.1) is 6.17 Å². The van der Waals surface area contributed by atoms with E-state index in [0.29, 0.717) is 0 Å². The van der Waals surface area contributed by atoms with E-state index < -0.39 is 0 Å². The average molecular weight is 101 g/mol. The van der Waals surface area contributed by atoms with E-state index in [1.807, 2.05) is 0 Å². The minimum atomic E-state index is 0.223. The van der Waals surface area contributed by atoms with Crippen LogP contribution < -0.4 is 16.4 Å². The summed E-state index contributed by atoms with van der Waals surface area (Å²) in [6.45, 7) is 1.91. The number of nitrogens with two attached hydrogens (primary N) is 1. The fourth-order valence-electron chi connectivity index (χ4n) is 0.651. The highest BCUT2D eigenvalue weighted by atomic mass is 15.2. The molecule has 3 heteroatoms. The summed E-state index contributed by atoms with van der Waals surface area (Å²) < 4.78 is 0. The quantitative estimate of drug-likeness (QED) is 0.359. The molecule has 0 radical (unpaired) electrons. The van der Waals surface area contributed by atoms with Crippen molar-refractivity contribution in [1.29, 1.82) is 0 Å². The van der Waals surface area contributed by atoms with Gasteiger partial charge in [0.1, 0.15) is 0 Å². The third-order valence-electron chi connectivity index (χ3n) is 1.12. The number of rotatable bonds is 0. The van der Waals surface area contributed by atoms with Crippen molar-refractivity contribution < 1.29 is 0 Å². The smallest absolute Gasteiger partial charge is 0.0568 e. The van der Waals surface area contributed by atoms with Gasteiger partial charge in [0, 0.05) is 6.67 Å². The van der Waals surface area contributed by atoms with Gasteiger partial charge in [-0.15, -0.1) is 0 Å². The monoisotopic (exact) mass is 101 g/mol. The van der Waals surface area contributed by atoms with Crippen molar-refractivity contribution in [2.24, 2.45) is 5.73 Å². The second-order valence-electron chi connectivity index (χ2n) is 1.78. The number of hydrogen-bond donors (Lipinski definition) is 3. The molecule has 4 N–H and O–H groups in total. The van der Waals surface area contributed by atoms with Gasteiger partial charge in [0.2, 0.25) is 0 Å². The highest BCUT2D eigenvalue weighted by Gasteiger charge is 2.03. The Morgan fingerprint density at radius 3 is 2.71 bits per heavy atom. The van der Waals surface area contributed by atoms with Crippen LogP contribution in [0.5, 0.6) is 0 Å². The number of nitrogens with one attached hydrogen (secondary N) is 2. The van der Waals surface area contributed by atoms with Gasteiger partial charge in [-0.2, -0.15) is 0 Å². The van der Waals surface area contributed by atoms with E-state index in [9.17, 15) is 0 Å². The molecule has 42 valence electrons. The van der Waals surface area contributed by atoms with E-state index in [1.54, 1.807) is 0 Å². The Balaban J connectivity index is 2.12. The van der Waals surface area contributed by atoms with Crippen LogP contribution >= 0.6 is 0 Å². The summed E-state index contributed by atoms with van der Waals surface area (Å²) in [6, 6.07) is 0. The Bertz CT molecular complexity index is 48.9. The standard InChI is InChI=1S/C4H11N3/c5-4-1-2-6-3-7-4/h4,6-7H,1-3,5H2. The first-order valence-electron chi connectivity index (χ1n) is 2.59. The van der Waals surface area contributed by atoms with Gasteiger partial charge >= 0.3 is 0 Å². The van der Waals surface area contributed by atoms with Crippen molar-refractivity contribution in [1.82, 2.24) is 10.6 Å². The first-order chi connectivity index (χ1) is 3.39. The van der Waals surface area contributed by atoms with Gasteiger partial charge < -0.3 is 11.1 Å². The molecule has 3 nitrogen and oxygen atoms in total. The Kier molecular flexibility index (Phi) is 1.62. The second-order valence-corrected chi connectivity index (χ2v) is 1.78. The van der Waals surface area contributed by atoms with Gasteiger partial charge in [0.25, 0.3) is 0 Å². The van der Waals surface area contributed by atoms with Crippen LogP contribution in [0.4, 0.5) is 0 Å². The fraction of sp³-hybridized carbons (Fsp3) is 1.00. The van der Waals surface area contributed by atoms with Crippen LogP contribution in [0.1, 0.15) is 6.42 Å². The Labute approximate surface area is 43.3 Å². The molecule has 0 bridgehead atoms. The molecule has 0 aromatic carbocycles. The van der Waals surface area contributed by atoms with Crippen LogP contribution in [0, 0.1) is 0 Å². The Hall–Kier alpha value is -0.120. The zero-order valence-corrected chi connectivity index (χ0v) is 4.28. The van der Waals surface area contributed by atoms with Crippen LogP contribution in [0.15, 0.2) is 0 Å². The molecule has 1 fully saturated rings. The van der Waals surface area contributed by atoms with Crippen LogP contribution in [-0.4, -0.2) is 19.4 Å². The van der Waals surface area contributed by atoms with Crippen LogP contribution in [-0.2, 0) is 0 Å². The van der Waals surface area contributed by atoms with E-state index >= 15 is 0 Å². The molecule has 1 aliphatic heterocycles. The molecule has 0 aromatic heterocycles. The maximum absolute atomic E-state index is 5.48. The summed E-state index contributed by atoms with van der Waals surface area (Å²) in [7, 11) is 0. The predicted octanol–water partition coefficient (Wildman–Crippen LogP) is -1.19. The first kappa shape index (κ1) is 5.03. The molecule has 0 aliphatic carbocycles. The summed E-state index contributed by atoms with van der Waals surface area (Å²) in [5.41, 5.74) is 5.48. The zero-order valence-electron chi connectivity index (χ0n) is 4.28. The van der Waals surface area contributed by atoms with Crippen molar-refractivity contribution in [3.8, 4) is 0 Å². The summed E-state index contributed by atoms with van der Waals surface area (Å²) in [5, 5.41) is 6.17. The van der Waals surface area contributed by atoms with Crippen LogP contribution in [0.3, 0.4) is 0 Å². The van der Waals surface area contributed by atoms with Crippen molar-refractivity contribution >= 4 is 0 Å². The Morgan fingerprint density at radius 1 is 1.57 bits per heavy atom. The van der Waals surface area contributed by atoms with Crippen molar-refractivity contribution in [3.05, 3.63) is 0 Å². The molecule has 0 aromatic rings. The molecule has 1 aliphatic rings. The minimum Gasteiger partial charge on any atom is -0.316 e. The lowest BCUT2D eigenvalue weighted by Gasteiger charge is -2.19. The molecule has 1 heterocycles. The largest absolute Gasteiger partial charge is 0.316 e. The van der Waals surface area contributed by atoms with Gasteiger partial charge in [-0.3, -0.25) is 5.32 Å². The zero-order chi connectivity index (χ0) is 5.11. The molecule has 0 spiro atoms. The molecule has 1 atom stereocenters. The summed E-state index contributed by atoms with van der Waals surface area (Å²) in [6.07, 6.45) is 1.27. The van der Waals surface area contributed by atoms with Gasteiger partial charge in [-0.25, -0.2) is 0 Å². The third-order valence-corrected chi connectivity index (χ3v) is 1.12. The lowest BCUT2D eigenvalue weighted by molar-refractivity contribution is 0.397. The van der Waals surface area contributed by atoms with Crippen LogP contribution in [0.2, 0.25) is 0 Å². The second kappa shape index (κ2) is 2.26. The van der Waals surface area contributed by atoms with Crippen molar-refractivity contribution in [2.45, 2.75) is 12.6 Å². The van der Waals surface area contributed by atoms with E-state index in [4.69, 9.17) is 5.73 Å². The minimum absolute atomic E-state index is 0.223. The first-order valence-corrected chi connectivity index (χ1v) is 2.59. The molecule has 7 heavy (non-hydrogen) atoms. The third kappa shape index (κ3) is 1.43. The van der Waals surface area contributed by atoms with E-state index in [0.717, 1.165) is 19.6 Å². The van der Waals surface area contributed by atoms with Gasteiger partial charge in [-0.1, -0.05) is 0 Å². The SMILES string of the molecule is NC1CCNCN1. The lowest BCUT2D eigenvalue weighted by atomic mass is 10.3. The normalized spacial score (nSPS) is 33.0. The predicted molar refractivity (Wildman–Crippen MR) is 28.6 cm³/mol.